The summed E-state index contributed by atoms with van der Waals surface area (Å²) in [5, 5.41) is 40.0. The van der Waals surface area contributed by atoms with Crippen LogP contribution in [0.2, 0.25) is 0 Å². The number of aromatic nitrogens is 1. The molecule has 0 radical (unpaired) electrons. The summed E-state index contributed by atoms with van der Waals surface area (Å²) in [5.41, 5.74) is 3.60. The Kier molecular flexibility index (Phi) is 6.47. The molecule has 0 amide bonds. The maximum absolute atomic E-state index is 13.1. The summed E-state index contributed by atoms with van der Waals surface area (Å²) >= 11 is 1.59. The Hall–Kier alpha value is -2.20. The van der Waals surface area contributed by atoms with Gasteiger partial charge in [-0.2, -0.15) is 4.39 Å². The van der Waals surface area contributed by atoms with Crippen molar-refractivity contribution in [2.75, 3.05) is 6.61 Å². The van der Waals surface area contributed by atoms with E-state index < -0.39 is 43.1 Å². The predicted molar refractivity (Wildman–Crippen MR) is 114 cm³/mol. The average molecular weight is 446 g/mol. The summed E-state index contributed by atoms with van der Waals surface area (Å²) in [5.74, 6) is -0.513. The molecule has 1 aliphatic heterocycles. The maximum Gasteiger partial charge on any atom is 0.212 e. The van der Waals surface area contributed by atoms with Crippen LogP contribution in [0.15, 0.2) is 48.7 Å². The molecule has 1 fully saturated rings. The van der Waals surface area contributed by atoms with Gasteiger partial charge < -0.3 is 25.2 Å². The van der Waals surface area contributed by atoms with Crippen LogP contribution >= 0.6 is 11.3 Å². The summed E-state index contributed by atoms with van der Waals surface area (Å²) < 4.78 is 18.8. The van der Waals surface area contributed by atoms with Gasteiger partial charge in [0.15, 0.2) is 0 Å². The van der Waals surface area contributed by atoms with Crippen LogP contribution in [0.3, 0.4) is 0 Å². The molecular formula is C23H24FNO5S. The zero-order valence-electron chi connectivity index (χ0n) is 16.9. The number of ether oxygens (including phenoxy) is 1. The molecule has 1 saturated heterocycles. The normalized spacial score (nSPS) is 26.2. The second-order valence-electron chi connectivity index (χ2n) is 7.75. The van der Waals surface area contributed by atoms with E-state index in [9.17, 15) is 24.8 Å². The highest BCUT2D eigenvalue weighted by Crippen LogP contribution is 2.34. The lowest BCUT2D eigenvalue weighted by molar-refractivity contribution is -0.231. The van der Waals surface area contributed by atoms with Crippen LogP contribution in [0.4, 0.5) is 4.39 Å². The second kappa shape index (κ2) is 9.12. The van der Waals surface area contributed by atoms with Gasteiger partial charge >= 0.3 is 0 Å². The van der Waals surface area contributed by atoms with Crippen molar-refractivity contribution in [2.24, 2.45) is 0 Å². The minimum absolute atomic E-state index is 0.462. The third-order valence-electron chi connectivity index (χ3n) is 5.63. The van der Waals surface area contributed by atoms with Crippen molar-refractivity contribution < 1.29 is 29.6 Å². The maximum atomic E-state index is 13.1. The fourth-order valence-electron chi connectivity index (χ4n) is 3.77. The van der Waals surface area contributed by atoms with Gasteiger partial charge in [0.25, 0.3) is 0 Å². The highest BCUT2D eigenvalue weighted by atomic mass is 32.1. The molecule has 1 aromatic carbocycles. The summed E-state index contributed by atoms with van der Waals surface area (Å²) in [4.78, 5) is 5.80. The highest BCUT2D eigenvalue weighted by Gasteiger charge is 2.43. The van der Waals surface area contributed by atoms with Crippen molar-refractivity contribution in [3.8, 4) is 10.4 Å². The van der Waals surface area contributed by atoms with Gasteiger partial charge in [0.1, 0.15) is 30.5 Å². The van der Waals surface area contributed by atoms with E-state index in [1.54, 1.807) is 17.4 Å². The minimum atomic E-state index is -1.41. The molecule has 1 aliphatic rings. The van der Waals surface area contributed by atoms with Crippen LogP contribution in [-0.4, -0.2) is 56.4 Å². The van der Waals surface area contributed by atoms with Crippen molar-refractivity contribution in [3.05, 3.63) is 76.2 Å². The summed E-state index contributed by atoms with van der Waals surface area (Å²) in [6.45, 7) is 1.53. The van der Waals surface area contributed by atoms with E-state index in [2.05, 4.69) is 4.98 Å². The first-order valence-corrected chi connectivity index (χ1v) is 10.8. The monoisotopic (exact) mass is 445 g/mol. The Morgan fingerprint density at radius 3 is 2.55 bits per heavy atom. The number of benzene rings is 1. The van der Waals surface area contributed by atoms with Gasteiger partial charge in [-0.1, -0.05) is 18.2 Å². The largest absolute Gasteiger partial charge is 0.394 e. The van der Waals surface area contributed by atoms with Crippen molar-refractivity contribution in [1.82, 2.24) is 4.98 Å². The Labute approximate surface area is 183 Å². The van der Waals surface area contributed by atoms with Crippen molar-refractivity contribution in [2.45, 2.75) is 43.9 Å². The smallest absolute Gasteiger partial charge is 0.212 e. The average Bonchev–Trinajstić information content (AvgIpc) is 3.23. The van der Waals surface area contributed by atoms with Crippen LogP contribution in [0.5, 0.6) is 0 Å². The number of aryl methyl sites for hydroxylation is 1. The van der Waals surface area contributed by atoms with E-state index in [1.807, 2.05) is 37.3 Å². The van der Waals surface area contributed by atoms with E-state index in [4.69, 9.17) is 4.74 Å². The molecule has 0 spiro atoms. The molecule has 0 aliphatic carbocycles. The standard InChI is InChI=1S/C23H24FNO5S/c1-12-2-3-13(23-22(29)21(28)20(27)17(11-26)30-23)8-15(12)9-16-5-6-18(31-16)14-4-7-19(24)25-10-14/h2-8,10,17,20-23,26-29H,9,11H2,1H3/t17-,20-,21+,22-,23?/m1/s1. The molecule has 3 heterocycles. The van der Waals surface area contributed by atoms with Crippen LogP contribution in [0.1, 0.15) is 27.7 Å². The molecule has 5 atom stereocenters. The first kappa shape index (κ1) is 22.0. The Balaban J connectivity index is 1.57. The lowest BCUT2D eigenvalue weighted by atomic mass is 9.89. The van der Waals surface area contributed by atoms with E-state index >= 15 is 0 Å². The fraction of sp³-hybridized carbons (Fsp3) is 0.348. The molecule has 164 valence electrons. The number of rotatable bonds is 5. The van der Waals surface area contributed by atoms with E-state index in [1.165, 1.54) is 12.3 Å². The SMILES string of the molecule is Cc1ccc(C2O[C@H](CO)[C@@H](O)[C@H](O)[C@H]2O)cc1Cc1ccc(-c2ccc(F)nc2)s1. The molecule has 31 heavy (non-hydrogen) atoms. The number of nitrogens with zero attached hydrogens (tertiary/aromatic N) is 1. The van der Waals surface area contributed by atoms with Gasteiger partial charge in [0, 0.05) is 27.9 Å². The quantitative estimate of drug-likeness (QED) is 0.450. The molecule has 0 saturated carbocycles. The van der Waals surface area contributed by atoms with Gasteiger partial charge in [-0.25, -0.2) is 4.98 Å². The molecule has 4 N–H and O–H groups in total. The van der Waals surface area contributed by atoms with Gasteiger partial charge in [0.05, 0.1) is 6.61 Å². The van der Waals surface area contributed by atoms with Gasteiger partial charge in [0.2, 0.25) is 5.95 Å². The summed E-state index contributed by atoms with van der Waals surface area (Å²) in [7, 11) is 0. The van der Waals surface area contributed by atoms with Crippen LogP contribution in [0, 0.1) is 12.9 Å². The number of thiophene rings is 1. The lowest BCUT2D eigenvalue weighted by Crippen LogP contribution is -2.55. The number of pyridine rings is 1. The van der Waals surface area contributed by atoms with Crippen molar-refractivity contribution in [3.63, 3.8) is 0 Å². The first-order valence-electron chi connectivity index (χ1n) is 9.98. The van der Waals surface area contributed by atoms with E-state index in [0.29, 0.717) is 12.0 Å². The first-order chi connectivity index (χ1) is 14.9. The third-order valence-corrected chi connectivity index (χ3v) is 6.77. The number of aliphatic hydroxyl groups is 4. The molecule has 0 bridgehead atoms. The van der Waals surface area contributed by atoms with Gasteiger partial charge in [-0.15, -0.1) is 11.3 Å². The highest BCUT2D eigenvalue weighted by molar-refractivity contribution is 7.15. The van der Waals surface area contributed by atoms with E-state index in [-0.39, 0.29) is 0 Å². The molecule has 1 unspecified atom stereocenters. The van der Waals surface area contributed by atoms with Crippen molar-refractivity contribution >= 4 is 11.3 Å². The second-order valence-corrected chi connectivity index (χ2v) is 8.92. The summed E-state index contributed by atoms with van der Waals surface area (Å²) in [6, 6.07) is 12.7. The number of halogens is 1. The van der Waals surface area contributed by atoms with Crippen LogP contribution in [-0.2, 0) is 11.2 Å². The topological polar surface area (TPSA) is 103 Å². The minimum Gasteiger partial charge on any atom is -0.394 e. The van der Waals surface area contributed by atoms with E-state index in [0.717, 1.165) is 26.4 Å². The number of hydrogen-bond acceptors (Lipinski definition) is 7. The molecular weight excluding hydrogens is 421 g/mol. The zero-order valence-corrected chi connectivity index (χ0v) is 17.7. The molecule has 4 rings (SSSR count). The van der Waals surface area contributed by atoms with Crippen LogP contribution in [0.25, 0.3) is 10.4 Å². The number of aliphatic hydroxyl groups excluding tert-OH is 4. The van der Waals surface area contributed by atoms with Gasteiger partial charge in [-0.3, -0.25) is 0 Å². The Bertz CT molecular complexity index is 1040. The number of hydrogen-bond donors (Lipinski definition) is 4. The Morgan fingerprint density at radius 1 is 1.03 bits per heavy atom. The third kappa shape index (κ3) is 4.55. The zero-order chi connectivity index (χ0) is 22.1. The predicted octanol–water partition coefficient (Wildman–Crippen LogP) is 2.36. The van der Waals surface area contributed by atoms with Crippen LogP contribution < -0.4 is 0 Å². The summed E-state index contributed by atoms with van der Waals surface area (Å²) in [6.07, 6.45) is -3.76. The Morgan fingerprint density at radius 2 is 1.84 bits per heavy atom. The molecule has 8 heteroatoms. The molecule has 3 aromatic rings. The van der Waals surface area contributed by atoms with Gasteiger partial charge in [-0.05, 0) is 47.9 Å². The molecule has 6 nitrogen and oxygen atoms in total. The fourth-order valence-corrected chi connectivity index (χ4v) is 4.79. The van der Waals surface area contributed by atoms with Crippen molar-refractivity contribution in [1.29, 1.82) is 0 Å². The molecule has 2 aromatic heterocycles. The lowest BCUT2D eigenvalue weighted by Gasteiger charge is -2.40.